The zero-order chi connectivity index (χ0) is 23.3. The molecule has 168 valence electrons. The van der Waals surface area contributed by atoms with Crippen LogP contribution in [-0.2, 0) is 17.8 Å². The monoisotopic (exact) mass is 439 g/mol. The van der Waals surface area contributed by atoms with Crippen LogP contribution in [0, 0.1) is 17.0 Å². The maximum absolute atomic E-state index is 12.8. The standard InChI is InChI=1S/C23H25N3O6/c1-16-13-24(23(29)25(16)19-4-3-5-20(12-19)26(30)31)14-21(28)15-32-22-10-8-18(9-11-22)7-6-17(2)27/h3-5,8-13,21,28H,6-7,14-15H2,1-2H3/t21-/m1/s1. The van der Waals surface area contributed by atoms with E-state index >= 15 is 0 Å². The maximum atomic E-state index is 12.8. The lowest BCUT2D eigenvalue weighted by atomic mass is 10.1. The Balaban J connectivity index is 1.63. The molecule has 9 heteroatoms. The molecule has 1 N–H and O–H groups in total. The Morgan fingerprint density at radius 1 is 1.22 bits per heavy atom. The van der Waals surface area contributed by atoms with Gasteiger partial charge in [-0.25, -0.2) is 4.79 Å². The van der Waals surface area contributed by atoms with Gasteiger partial charge in [0.05, 0.1) is 17.2 Å². The van der Waals surface area contributed by atoms with Crippen LogP contribution in [0.25, 0.3) is 5.69 Å². The van der Waals surface area contributed by atoms with Crippen LogP contribution in [-0.4, -0.2) is 37.7 Å². The van der Waals surface area contributed by atoms with E-state index in [9.17, 15) is 24.8 Å². The van der Waals surface area contributed by atoms with Crippen LogP contribution in [0.4, 0.5) is 5.69 Å². The fourth-order valence-electron chi connectivity index (χ4n) is 3.35. The van der Waals surface area contributed by atoms with Crippen molar-refractivity contribution in [2.24, 2.45) is 0 Å². The van der Waals surface area contributed by atoms with E-state index in [1.165, 1.54) is 27.3 Å². The highest BCUT2D eigenvalue weighted by Crippen LogP contribution is 2.17. The summed E-state index contributed by atoms with van der Waals surface area (Å²) in [5.41, 5.74) is 1.48. The number of hydrogen-bond donors (Lipinski definition) is 1. The molecule has 0 saturated heterocycles. The lowest BCUT2D eigenvalue weighted by Crippen LogP contribution is -2.31. The van der Waals surface area contributed by atoms with Gasteiger partial charge in [0.1, 0.15) is 24.2 Å². The Morgan fingerprint density at radius 3 is 2.59 bits per heavy atom. The zero-order valence-electron chi connectivity index (χ0n) is 17.9. The minimum absolute atomic E-state index is 0.0122. The first kappa shape index (κ1) is 23.0. The van der Waals surface area contributed by atoms with Crippen molar-refractivity contribution in [1.82, 2.24) is 9.13 Å². The third-order valence-corrected chi connectivity index (χ3v) is 4.97. The minimum Gasteiger partial charge on any atom is -0.491 e. The molecule has 32 heavy (non-hydrogen) atoms. The van der Waals surface area contributed by atoms with Gasteiger partial charge in [0, 0.05) is 30.4 Å². The number of imidazole rings is 1. The summed E-state index contributed by atoms with van der Waals surface area (Å²) in [5.74, 6) is 0.714. The van der Waals surface area contributed by atoms with E-state index in [4.69, 9.17) is 4.74 Å². The molecule has 0 amide bonds. The first-order valence-corrected chi connectivity index (χ1v) is 10.2. The molecule has 0 fully saturated rings. The number of aromatic nitrogens is 2. The number of carbonyl (C=O) groups is 1. The van der Waals surface area contributed by atoms with E-state index in [0.717, 1.165) is 5.56 Å². The number of aliphatic hydroxyl groups is 1. The molecule has 0 spiro atoms. The van der Waals surface area contributed by atoms with Gasteiger partial charge in [-0.3, -0.25) is 19.2 Å². The highest BCUT2D eigenvalue weighted by Gasteiger charge is 2.16. The summed E-state index contributed by atoms with van der Waals surface area (Å²) in [6.07, 6.45) is 1.81. The average molecular weight is 439 g/mol. The Bertz CT molecular complexity index is 1160. The van der Waals surface area contributed by atoms with Crippen LogP contribution in [0.1, 0.15) is 24.6 Å². The Kier molecular flexibility index (Phi) is 7.21. The summed E-state index contributed by atoms with van der Waals surface area (Å²) in [6, 6.07) is 13.1. The second-order valence-electron chi connectivity index (χ2n) is 7.63. The van der Waals surface area contributed by atoms with Crippen molar-refractivity contribution >= 4 is 11.5 Å². The van der Waals surface area contributed by atoms with Gasteiger partial charge in [-0.1, -0.05) is 18.2 Å². The van der Waals surface area contributed by atoms with Crippen molar-refractivity contribution < 1.29 is 19.6 Å². The van der Waals surface area contributed by atoms with E-state index in [0.29, 0.717) is 30.0 Å². The van der Waals surface area contributed by atoms with E-state index in [2.05, 4.69) is 0 Å². The lowest BCUT2D eigenvalue weighted by molar-refractivity contribution is -0.384. The first-order valence-electron chi connectivity index (χ1n) is 10.2. The van der Waals surface area contributed by atoms with Crippen molar-refractivity contribution in [1.29, 1.82) is 0 Å². The second-order valence-corrected chi connectivity index (χ2v) is 7.63. The van der Waals surface area contributed by atoms with Crippen LogP contribution in [0.3, 0.4) is 0 Å². The molecule has 3 aromatic rings. The van der Waals surface area contributed by atoms with Crippen molar-refractivity contribution in [3.8, 4) is 11.4 Å². The SMILES string of the molecule is CC(=O)CCc1ccc(OC[C@H](O)Cn2cc(C)n(-c3cccc([N+](=O)[O-])c3)c2=O)cc1. The number of Topliss-reactive ketones (excluding diaryl/α,β-unsaturated/α-hetero) is 1. The average Bonchev–Trinajstić information content (AvgIpc) is 3.04. The van der Waals surface area contributed by atoms with Crippen molar-refractivity contribution in [2.45, 2.75) is 39.3 Å². The molecule has 1 aromatic heterocycles. The highest BCUT2D eigenvalue weighted by molar-refractivity contribution is 5.75. The number of aliphatic hydroxyl groups excluding tert-OH is 1. The van der Waals surface area contributed by atoms with Gasteiger partial charge in [-0.2, -0.15) is 0 Å². The van der Waals surface area contributed by atoms with Gasteiger partial charge < -0.3 is 14.6 Å². The van der Waals surface area contributed by atoms with Crippen molar-refractivity contribution in [3.05, 3.63) is 86.6 Å². The number of non-ortho nitro benzene ring substituents is 1. The molecule has 0 aliphatic rings. The Labute approximate surface area is 184 Å². The number of hydrogen-bond acceptors (Lipinski definition) is 6. The number of ether oxygens (including phenoxy) is 1. The first-order chi connectivity index (χ1) is 15.2. The molecule has 0 radical (unpaired) electrons. The molecule has 0 aliphatic heterocycles. The normalized spacial score (nSPS) is 11.8. The summed E-state index contributed by atoms with van der Waals surface area (Å²) in [7, 11) is 0. The Morgan fingerprint density at radius 2 is 1.94 bits per heavy atom. The van der Waals surface area contributed by atoms with Gasteiger partial charge in [0.25, 0.3) is 5.69 Å². The number of nitrogens with zero attached hydrogens (tertiary/aromatic N) is 3. The molecular formula is C23H25N3O6. The van der Waals surface area contributed by atoms with Gasteiger partial charge in [0.2, 0.25) is 0 Å². The number of benzene rings is 2. The van der Waals surface area contributed by atoms with Crippen molar-refractivity contribution in [3.63, 3.8) is 0 Å². The molecule has 3 rings (SSSR count). The number of ketones is 1. The predicted octanol–water partition coefficient (Wildman–Crippen LogP) is 2.82. The van der Waals surface area contributed by atoms with Gasteiger partial charge in [-0.05, 0) is 44.0 Å². The summed E-state index contributed by atoms with van der Waals surface area (Å²) in [5, 5.41) is 21.4. The van der Waals surface area contributed by atoms with Crippen LogP contribution in [0.2, 0.25) is 0 Å². The summed E-state index contributed by atoms with van der Waals surface area (Å²) >= 11 is 0. The van der Waals surface area contributed by atoms with Gasteiger partial charge in [-0.15, -0.1) is 0 Å². The topological polar surface area (TPSA) is 117 Å². The molecule has 1 heterocycles. The fraction of sp³-hybridized carbons (Fsp3) is 0.304. The summed E-state index contributed by atoms with van der Waals surface area (Å²) in [6.45, 7) is 3.27. The zero-order valence-corrected chi connectivity index (χ0v) is 17.9. The number of nitro groups is 1. The van der Waals surface area contributed by atoms with Gasteiger partial charge in [0.15, 0.2) is 0 Å². The number of nitro benzene ring substituents is 1. The van der Waals surface area contributed by atoms with Crippen LogP contribution in [0.15, 0.2) is 59.5 Å². The highest BCUT2D eigenvalue weighted by atomic mass is 16.6. The van der Waals surface area contributed by atoms with Crippen LogP contribution < -0.4 is 10.4 Å². The Hall–Kier alpha value is -3.72. The molecule has 0 bridgehead atoms. The fourth-order valence-corrected chi connectivity index (χ4v) is 3.35. The maximum Gasteiger partial charge on any atom is 0.333 e. The van der Waals surface area contributed by atoms with Crippen LogP contribution in [0.5, 0.6) is 5.75 Å². The van der Waals surface area contributed by atoms with Crippen molar-refractivity contribution in [2.75, 3.05) is 6.61 Å². The smallest absolute Gasteiger partial charge is 0.333 e. The molecule has 0 saturated carbocycles. The van der Waals surface area contributed by atoms with Crippen LogP contribution >= 0.6 is 0 Å². The number of rotatable bonds is 10. The molecular weight excluding hydrogens is 414 g/mol. The quantitative estimate of drug-likeness (QED) is 0.384. The number of aryl methyl sites for hydroxylation is 2. The van der Waals surface area contributed by atoms with E-state index in [1.807, 2.05) is 12.1 Å². The summed E-state index contributed by atoms with van der Waals surface area (Å²) in [4.78, 5) is 34.4. The summed E-state index contributed by atoms with van der Waals surface area (Å²) < 4.78 is 8.33. The van der Waals surface area contributed by atoms with E-state index in [-0.39, 0.29) is 24.6 Å². The van der Waals surface area contributed by atoms with E-state index in [1.54, 1.807) is 38.2 Å². The molecule has 0 unspecified atom stereocenters. The number of carbonyl (C=O) groups excluding carboxylic acids is 1. The second kappa shape index (κ2) is 10.1. The lowest BCUT2D eigenvalue weighted by Gasteiger charge is -2.13. The third kappa shape index (κ3) is 5.70. The van der Waals surface area contributed by atoms with Gasteiger partial charge >= 0.3 is 5.69 Å². The third-order valence-electron chi connectivity index (χ3n) is 4.97. The molecule has 0 aliphatic carbocycles. The predicted molar refractivity (Wildman–Crippen MR) is 118 cm³/mol. The molecule has 9 nitrogen and oxygen atoms in total. The van der Waals surface area contributed by atoms with E-state index < -0.39 is 16.7 Å². The minimum atomic E-state index is -0.939. The molecule has 1 atom stereocenters. The molecule has 2 aromatic carbocycles. The largest absolute Gasteiger partial charge is 0.491 e.